The van der Waals surface area contributed by atoms with Crippen molar-refractivity contribution in [3.63, 3.8) is 0 Å². The molecule has 0 aromatic heterocycles. The van der Waals surface area contributed by atoms with Crippen LogP contribution in [0.3, 0.4) is 0 Å². The lowest BCUT2D eigenvalue weighted by Crippen LogP contribution is -2.13. The average molecular weight is 293 g/mol. The van der Waals surface area contributed by atoms with Gasteiger partial charge in [-0.15, -0.1) is 0 Å². The van der Waals surface area contributed by atoms with E-state index < -0.39 is 12.5 Å². The molecule has 21 heavy (non-hydrogen) atoms. The summed E-state index contributed by atoms with van der Waals surface area (Å²) >= 11 is 0. The Kier molecular flexibility index (Phi) is 4.22. The van der Waals surface area contributed by atoms with Gasteiger partial charge in [0.15, 0.2) is 0 Å². The van der Waals surface area contributed by atoms with Crippen LogP contribution in [0.1, 0.15) is 10.4 Å². The minimum Gasteiger partial charge on any atom is -0.435 e. The summed E-state index contributed by atoms with van der Waals surface area (Å²) in [6.07, 6.45) is 0. The van der Waals surface area contributed by atoms with Crippen LogP contribution in [0.4, 0.5) is 25.8 Å². The predicted octanol–water partition coefficient (Wildman–Crippen LogP) is 2.71. The Morgan fingerprint density at radius 2 is 1.81 bits per heavy atom. The Hall–Kier alpha value is -2.83. The lowest BCUT2D eigenvalue weighted by atomic mass is 10.1. The molecule has 0 fully saturated rings. The smallest absolute Gasteiger partial charge is 0.387 e. The first-order chi connectivity index (χ1) is 9.95. The summed E-state index contributed by atoms with van der Waals surface area (Å²) in [6, 6.07) is 10.5. The molecule has 0 atom stereocenters. The summed E-state index contributed by atoms with van der Waals surface area (Å²) in [5, 5.41) is 2.96. The normalized spacial score (nSPS) is 10.4. The maximum Gasteiger partial charge on any atom is 0.387 e. The van der Waals surface area contributed by atoms with E-state index in [4.69, 9.17) is 11.5 Å². The van der Waals surface area contributed by atoms with Crippen molar-refractivity contribution in [2.45, 2.75) is 6.61 Å². The second kappa shape index (κ2) is 6.08. The van der Waals surface area contributed by atoms with E-state index in [1.54, 1.807) is 24.3 Å². The molecule has 0 spiro atoms. The van der Waals surface area contributed by atoms with Crippen molar-refractivity contribution in [3.05, 3.63) is 48.0 Å². The maximum atomic E-state index is 12.0. The highest BCUT2D eigenvalue weighted by Gasteiger charge is 2.09. The van der Waals surface area contributed by atoms with E-state index in [-0.39, 0.29) is 11.3 Å². The van der Waals surface area contributed by atoms with Crippen LogP contribution in [0.2, 0.25) is 0 Å². The molecule has 0 unspecified atom stereocenters. The summed E-state index contributed by atoms with van der Waals surface area (Å²) in [5.74, 6) is -0.578. The van der Waals surface area contributed by atoms with Crippen LogP contribution in [0.5, 0.6) is 5.75 Å². The molecule has 0 saturated heterocycles. The van der Waals surface area contributed by atoms with Crippen LogP contribution in [0, 0.1) is 0 Å². The van der Waals surface area contributed by atoms with E-state index in [9.17, 15) is 13.6 Å². The van der Waals surface area contributed by atoms with Crippen LogP contribution in [-0.4, -0.2) is 12.5 Å². The fourth-order valence-electron chi connectivity index (χ4n) is 1.75. The number of rotatable bonds is 5. The van der Waals surface area contributed by atoms with Gasteiger partial charge in [-0.05, 0) is 42.5 Å². The molecule has 2 aromatic rings. The number of ether oxygens (including phenoxy) is 1. The Morgan fingerprint density at radius 3 is 2.38 bits per heavy atom. The van der Waals surface area contributed by atoms with Gasteiger partial charge in [0.2, 0.25) is 0 Å². The minimum absolute atomic E-state index is 0.0444. The second-order valence-corrected chi connectivity index (χ2v) is 4.20. The number of primary amides is 1. The highest BCUT2D eigenvalue weighted by atomic mass is 19.3. The minimum atomic E-state index is -2.87. The summed E-state index contributed by atoms with van der Waals surface area (Å²) in [6.45, 7) is -2.87. The quantitative estimate of drug-likeness (QED) is 0.739. The van der Waals surface area contributed by atoms with Crippen LogP contribution in [0.15, 0.2) is 42.5 Å². The first-order valence-corrected chi connectivity index (χ1v) is 5.97. The Morgan fingerprint density at radius 1 is 1.14 bits per heavy atom. The lowest BCUT2D eigenvalue weighted by molar-refractivity contribution is -0.0498. The topological polar surface area (TPSA) is 90.4 Å². The number of benzene rings is 2. The fraction of sp³-hybridized carbons (Fsp3) is 0.0714. The standard InChI is InChI=1S/C14H13F2N3O2/c15-14(16)21-10-4-2-9(3-5-10)19-12-6-1-8(17)7-11(12)13(18)20/h1-7,14,19H,17H2,(H2,18,20). The number of alkyl halides is 2. The molecule has 0 saturated carbocycles. The van der Waals surface area contributed by atoms with Gasteiger partial charge in [0.1, 0.15) is 5.75 Å². The number of halogens is 2. The van der Waals surface area contributed by atoms with Crippen molar-refractivity contribution in [1.29, 1.82) is 0 Å². The Labute approximate surface area is 119 Å². The Balaban J connectivity index is 2.20. The molecule has 0 aliphatic carbocycles. The van der Waals surface area contributed by atoms with Crippen molar-refractivity contribution >= 4 is 23.0 Å². The molecule has 7 heteroatoms. The average Bonchev–Trinajstić information content (AvgIpc) is 2.42. The highest BCUT2D eigenvalue weighted by Crippen LogP contribution is 2.25. The van der Waals surface area contributed by atoms with Crippen LogP contribution in [0.25, 0.3) is 0 Å². The summed E-state index contributed by atoms with van der Waals surface area (Å²) in [5.41, 5.74) is 12.6. The molecule has 2 aromatic carbocycles. The number of carbonyl (C=O) groups excluding carboxylic acids is 1. The highest BCUT2D eigenvalue weighted by molar-refractivity contribution is 6.00. The number of nitrogens with one attached hydrogen (secondary N) is 1. The maximum absolute atomic E-state index is 12.0. The third-order valence-electron chi connectivity index (χ3n) is 2.67. The molecule has 5 N–H and O–H groups in total. The van der Waals surface area contributed by atoms with Crippen molar-refractivity contribution in [3.8, 4) is 5.75 Å². The monoisotopic (exact) mass is 293 g/mol. The van der Waals surface area contributed by atoms with E-state index in [0.29, 0.717) is 17.1 Å². The van der Waals surface area contributed by atoms with Gasteiger partial charge in [0, 0.05) is 11.4 Å². The first kappa shape index (κ1) is 14.6. The fourth-order valence-corrected chi connectivity index (χ4v) is 1.75. The number of amides is 1. The molecule has 0 bridgehead atoms. The van der Waals surface area contributed by atoms with E-state index >= 15 is 0 Å². The Bertz CT molecular complexity index is 645. The van der Waals surface area contributed by atoms with Crippen molar-refractivity contribution in [2.75, 3.05) is 11.1 Å². The first-order valence-electron chi connectivity index (χ1n) is 5.97. The third kappa shape index (κ3) is 3.82. The van der Waals surface area contributed by atoms with Gasteiger partial charge in [-0.25, -0.2) is 0 Å². The molecule has 2 rings (SSSR count). The summed E-state index contributed by atoms with van der Waals surface area (Å²) in [7, 11) is 0. The molecule has 1 amide bonds. The zero-order valence-corrected chi connectivity index (χ0v) is 10.8. The summed E-state index contributed by atoms with van der Waals surface area (Å²) in [4.78, 5) is 11.4. The number of anilines is 3. The van der Waals surface area contributed by atoms with E-state index in [1.165, 1.54) is 18.2 Å². The molecule has 0 aliphatic heterocycles. The van der Waals surface area contributed by atoms with Crippen molar-refractivity contribution in [2.24, 2.45) is 5.73 Å². The number of hydrogen-bond donors (Lipinski definition) is 3. The number of carbonyl (C=O) groups is 1. The number of nitrogens with two attached hydrogens (primary N) is 2. The largest absolute Gasteiger partial charge is 0.435 e. The van der Waals surface area contributed by atoms with Crippen LogP contribution >= 0.6 is 0 Å². The molecule has 0 radical (unpaired) electrons. The summed E-state index contributed by atoms with van der Waals surface area (Å²) < 4.78 is 28.3. The number of nitrogen functional groups attached to an aromatic ring is 1. The van der Waals surface area contributed by atoms with E-state index in [0.717, 1.165) is 0 Å². The number of hydrogen-bond acceptors (Lipinski definition) is 4. The van der Waals surface area contributed by atoms with Gasteiger partial charge >= 0.3 is 6.61 Å². The zero-order chi connectivity index (χ0) is 15.4. The van der Waals surface area contributed by atoms with E-state index in [2.05, 4.69) is 10.1 Å². The predicted molar refractivity (Wildman–Crippen MR) is 75.7 cm³/mol. The van der Waals surface area contributed by atoms with Crippen molar-refractivity contribution < 1.29 is 18.3 Å². The van der Waals surface area contributed by atoms with Crippen molar-refractivity contribution in [1.82, 2.24) is 0 Å². The van der Waals surface area contributed by atoms with Gasteiger partial charge in [-0.2, -0.15) is 8.78 Å². The van der Waals surface area contributed by atoms with Crippen LogP contribution < -0.4 is 21.5 Å². The van der Waals surface area contributed by atoms with E-state index in [1.807, 2.05) is 0 Å². The molecular weight excluding hydrogens is 280 g/mol. The molecule has 0 aliphatic rings. The second-order valence-electron chi connectivity index (χ2n) is 4.20. The lowest BCUT2D eigenvalue weighted by Gasteiger charge is -2.11. The molecule has 110 valence electrons. The van der Waals surface area contributed by atoms with Gasteiger partial charge in [0.05, 0.1) is 11.3 Å². The third-order valence-corrected chi connectivity index (χ3v) is 2.67. The van der Waals surface area contributed by atoms with Gasteiger partial charge in [-0.1, -0.05) is 0 Å². The van der Waals surface area contributed by atoms with Gasteiger partial charge < -0.3 is 21.5 Å². The zero-order valence-electron chi connectivity index (χ0n) is 10.8. The van der Waals surface area contributed by atoms with Crippen LogP contribution in [-0.2, 0) is 0 Å². The molecule has 5 nitrogen and oxygen atoms in total. The molecular formula is C14H13F2N3O2. The van der Waals surface area contributed by atoms with Gasteiger partial charge in [0.25, 0.3) is 5.91 Å². The molecule has 0 heterocycles. The van der Waals surface area contributed by atoms with Gasteiger partial charge in [-0.3, -0.25) is 4.79 Å². The SMILES string of the molecule is NC(=O)c1cc(N)ccc1Nc1ccc(OC(F)F)cc1.